The minimum Gasteiger partial charge on any atom is -0.338 e. The summed E-state index contributed by atoms with van der Waals surface area (Å²) in [4.78, 5) is 30.2. The van der Waals surface area contributed by atoms with Gasteiger partial charge >= 0.3 is 0 Å². The molecule has 0 unspecified atom stereocenters. The Labute approximate surface area is 181 Å². The van der Waals surface area contributed by atoms with Gasteiger partial charge in [0.2, 0.25) is 11.1 Å². The Kier molecular flexibility index (Phi) is 8.95. The van der Waals surface area contributed by atoms with Gasteiger partial charge in [0.25, 0.3) is 0 Å². The van der Waals surface area contributed by atoms with Crippen molar-refractivity contribution in [2.75, 3.05) is 24.8 Å². The third-order valence-corrected chi connectivity index (χ3v) is 4.72. The van der Waals surface area contributed by atoms with Gasteiger partial charge in [-0.05, 0) is 41.3 Å². The van der Waals surface area contributed by atoms with Crippen molar-refractivity contribution in [3.63, 3.8) is 0 Å². The highest BCUT2D eigenvalue weighted by molar-refractivity contribution is 6.67. The van der Waals surface area contributed by atoms with Crippen LogP contribution in [-0.2, 0) is 9.59 Å². The average Bonchev–Trinajstić information content (AvgIpc) is 2.74. The highest BCUT2D eigenvalue weighted by atomic mass is 35.5. The van der Waals surface area contributed by atoms with Crippen molar-refractivity contribution in [2.45, 2.75) is 6.42 Å². The molecule has 0 saturated heterocycles. The third kappa shape index (κ3) is 6.73. The molecule has 29 heavy (non-hydrogen) atoms. The second kappa shape index (κ2) is 11.2. The number of aromatic nitrogens is 2. The summed E-state index contributed by atoms with van der Waals surface area (Å²) >= 11 is 15.1. The molecule has 1 amide bonds. The van der Waals surface area contributed by atoms with Crippen LogP contribution in [-0.4, -0.2) is 50.9 Å². The zero-order valence-corrected chi connectivity index (χ0v) is 17.3. The van der Waals surface area contributed by atoms with E-state index in [-0.39, 0.29) is 29.1 Å². The number of hydrogen-bond acceptors (Lipinski definition) is 4. The van der Waals surface area contributed by atoms with Crippen molar-refractivity contribution >= 4 is 51.5 Å². The van der Waals surface area contributed by atoms with Crippen molar-refractivity contribution in [1.82, 2.24) is 14.9 Å². The molecule has 1 aliphatic rings. The summed E-state index contributed by atoms with van der Waals surface area (Å²) < 4.78 is 27.2. The third-order valence-electron chi connectivity index (χ3n) is 3.98. The molecule has 0 fully saturated rings. The molecule has 0 bridgehead atoms. The summed E-state index contributed by atoms with van der Waals surface area (Å²) in [7, 11) is 0. The lowest BCUT2D eigenvalue weighted by molar-refractivity contribution is -0.128. The Balaban J connectivity index is 0.000000537. The van der Waals surface area contributed by atoms with E-state index in [4.69, 9.17) is 34.8 Å². The van der Waals surface area contributed by atoms with E-state index in [1.807, 2.05) is 6.08 Å². The molecule has 3 rings (SSSR count). The van der Waals surface area contributed by atoms with E-state index >= 15 is 0 Å². The zero-order valence-electron chi connectivity index (χ0n) is 15.0. The Bertz CT molecular complexity index is 908. The van der Waals surface area contributed by atoms with E-state index in [0.29, 0.717) is 19.5 Å². The largest absolute Gasteiger partial charge is 0.338 e. The van der Waals surface area contributed by atoms with Crippen LogP contribution in [0.5, 0.6) is 0 Å². The maximum absolute atomic E-state index is 14.4. The summed E-state index contributed by atoms with van der Waals surface area (Å²) in [6, 6.07) is 4.76. The molecular weight excluding hydrogens is 447 g/mol. The van der Waals surface area contributed by atoms with Gasteiger partial charge in [-0.25, -0.2) is 18.7 Å². The lowest BCUT2D eigenvalue weighted by atomic mass is 9.98. The topological polar surface area (TPSA) is 63.2 Å². The molecule has 0 radical (unpaired) electrons. The van der Waals surface area contributed by atoms with Gasteiger partial charge in [-0.1, -0.05) is 12.1 Å². The fourth-order valence-corrected chi connectivity index (χ4v) is 2.76. The number of rotatable bonds is 4. The van der Waals surface area contributed by atoms with Crippen LogP contribution in [0.25, 0.3) is 17.0 Å². The predicted octanol–water partition coefficient (Wildman–Crippen LogP) is 4.27. The Morgan fingerprint density at radius 3 is 2.24 bits per heavy atom. The molecule has 0 spiro atoms. The number of carbonyl (C=O) groups excluding carboxylic acids is 2. The van der Waals surface area contributed by atoms with Crippen LogP contribution in [0.2, 0.25) is 0 Å². The minimum atomic E-state index is -0.570. The molecule has 0 aliphatic carbocycles. The summed E-state index contributed by atoms with van der Waals surface area (Å²) in [6.45, 7) is 1.02. The van der Waals surface area contributed by atoms with Gasteiger partial charge in [-0.15, -0.1) is 23.2 Å². The summed E-state index contributed by atoms with van der Waals surface area (Å²) in [5, 5.41) is -0.508. The quantitative estimate of drug-likeness (QED) is 0.503. The van der Waals surface area contributed by atoms with E-state index in [1.165, 1.54) is 6.07 Å². The molecule has 2 heterocycles. The zero-order chi connectivity index (χ0) is 21.4. The first-order chi connectivity index (χ1) is 13.8. The van der Waals surface area contributed by atoms with Crippen molar-refractivity contribution in [3.05, 3.63) is 53.9 Å². The number of amides is 1. The standard InChI is InChI=1S/C17H14ClF2N3O.C2H2Cl2O/c18-8-16(24)23-5-3-11(4-6-23)12-1-2-14(15(20)7-12)17-21-9-13(19)10-22-17;3-1-2(4)5/h1-3,7,9-10H,4-6,8H2;1H2. The Hall–Kier alpha value is -2.09. The number of nitrogens with zero attached hydrogens (tertiary/aromatic N) is 3. The first-order valence-electron chi connectivity index (χ1n) is 8.40. The normalized spacial score (nSPS) is 13.3. The molecule has 10 heteroatoms. The monoisotopic (exact) mass is 461 g/mol. The highest BCUT2D eigenvalue weighted by Crippen LogP contribution is 2.27. The van der Waals surface area contributed by atoms with Crippen LogP contribution in [0.15, 0.2) is 36.7 Å². The molecule has 5 nitrogen and oxygen atoms in total. The maximum Gasteiger partial charge on any atom is 0.237 e. The molecule has 2 aromatic rings. The van der Waals surface area contributed by atoms with Gasteiger partial charge < -0.3 is 4.90 Å². The second-order valence-electron chi connectivity index (χ2n) is 5.86. The Morgan fingerprint density at radius 1 is 1.10 bits per heavy atom. The lowest BCUT2D eigenvalue weighted by Crippen LogP contribution is -2.35. The molecule has 0 N–H and O–H groups in total. The Morgan fingerprint density at radius 2 is 1.76 bits per heavy atom. The van der Waals surface area contributed by atoms with Crippen LogP contribution in [0, 0.1) is 11.6 Å². The molecule has 0 atom stereocenters. The van der Waals surface area contributed by atoms with E-state index in [2.05, 4.69) is 9.97 Å². The van der Waals surface area contributed by atoms with Crippen LogP contribution in [0.3, 0.4) is 0 Å². The van der Waals surface area contributed by atoms with Crippen molar-refractivity contribution in [2.24, 2.45) is 0 Å². The van der Waals surface area contributed by atoms with Crippen molar-refractivity contribution in [1.29, 1.82) is 0 Å². The molecule has 1 aromatic carbocycles. The second-order valence-corrected chi connectivity index (χ2v) is 6.82. The van der Waals surface area contributed by atoms with Crippen LogP contribution in [0.1, 0.15) is 12.0 Å². The first kappa shape index (κ1) is 23.2. The predicted molar refractivity (Wildman–Crippen MR) is 109 cm³/mol. The van der Waals surface area contributed by atoms with Crippen molar-refractivity contribution in [3.8, 4) is 11.4 Å². The summed E-state index contributed by atoms with van der Waals surface area (Å²) in [6.07, 6.45) is 4.54. The van der Waals surface area contributed by atoms with E-state index in [0.717, 1.165) is 23.5 Å². The van der Waals surface area contributed by atoms with Crippen LogP contribution >= 0.6 is 34.8 Å². The van der Waals surface area contributed by atoms with Crippen LogP contribution < -0.4 is 0 Å². The van der Waals surface area contributed by atoms with Gasteiger partial charge in [0.15, 0.2) is 11.6 Å². The average molecular weight is 463 g/mol. The van der Waals surface area contributed by atoms with E-state index in [9.17, 15) is 18.4 Å². The molecule has 154 valence electrons. The van der Waals surface area contributed by atoms with Crippen LogP contribution in [0.4, 0.5) is 8.78 Å². The minimum absolute atomic E-state index is 0.0375. The summed E-state index contributed by atoms with van der Waals surface area (Å²) in [5.74, 6) is -1.15. The smallest absolute Gasteiger partial charge is 0.237 e. The highest BCUT2D eigenvalue weighted by Gasteiger charge is 2.18. The fraction of sp³-hybridized carbons (Fsp3) is 0.263. The number of halogens is 5. The fourth-order valence-electron chi connectivity index (χ4n) is 2.59. The van der Waals surface area contributed by atoms with E-state index < -0.39 is 16.9 Å². The molecular formula is C19H16Cl3F2N3O2. The molecule has 0 saturated carbocycles. The van der Waals surface area contributed by atoms with Gasteiger partial charge in [-0.3, -0.25) is 9.59 Å². The van der Waals surface area contributed by atoms with Gasteiger partial charge in [-0.2, -0.15) is 0 Å². The number of carbonyl (C=O) groups is 2. The van der Waals surface area contributed by atoms with Crippen molar-refractivity contribution < 1.29 is 18.4 Å². The number of alkyl halides is 2. The maximum atomic E-state index is 14.4. The van der Waals surface area contributed by atoms with E-state index in [1.54, 1.807) is 17.0 Å². The first-order valence-corrected chi connectivity index (χ1v) is 9.85. The number of hydrogen-bond donors (Lipinski definition) is 0. The lowest BCUT2D eigenvalue weighted by Gasteiger charge is -2.26. The SMILES string of the molecule is O=C(CCl)N1CC=C(c2ccc(-c3ncc(F)cn3)c(F)c2)CC1.O=C(Cl)CCl. The van der Waals surface area contributed by atoms with Gasteiger partial charge in [0.1, 0.15) is 11.7 Å². The molecule has 1 aliphatic heterocycles. The summed E-state index contributed by atoms with van der Waals surface area (Å²) in [5.41, 5.74) is 1.93. The number of benzene rings is 1. The molecule has 1 aromatic heterocycles. The van der Waals surface area contributed by atoms with Gasteiger partial charge in [0.05, 0.1) is 23.8 Å². The van der Waals surface area contributed by atoms with Gasteiger partial charge in [0, 0.05) is 13.1 Å².